The van der Waals surface area contributed by atoms with Gasteiger partial charge in [0.15, 0.2) is 0 Å². The van der Waals surface area contributed by atoms with E-state index < -0.39 is 0 Å². The lowest BCUT2D eigenvalue weighted by atomic mass is 9.81. The molecule has 0 aliphatic heterocycles. The van der Waals surface area contributed by atoms with Crippen LogP contribution in [0.1, 0.15) is 67.2 Å². The van der Waals surface area contributed by atoms with E-state index in [1.165, 1.54) is 32.2 Å². The standard InChI is InChI=1S/C17H38N2/c1-8-16(9-2)19(7)14-17(10-3,11-4)13-18-12-15(5)6/h15-16,18H,8-14H2,1-7H3. The maximum absolute atomic E-state index is 3.68. The second-order valence-corrected chi connectivity index (χ2v) is 6.62. The number of nitrogens with zero attached hydrogens (tertiary/aromatic N) is 1. The van der Waals surface area contributed by atoms with Crippen molar-refractivity contribution in [1.82, 2.24) is 10.2 Å². The Labute approximate surface area is 122 Å². The summed E-state index contributed by atoms with van der Waals surface area (Å²) < 4.78 is 0. The Hall–Kier alpha value is -0.0800. The van der Waals surface area contributed by atoms with E-state index in [1.807, 2.05) is 0 Å². The van der Waals surface area contributed by atoms with Crippen LogP contribution in [-0.4, -0.2) is 37.6 Å². The zero-order valence-corrected chi connectivity index (χ0v) is 14.6. The molecule has 0 unspecified atom stereocenters. The van der Waals surface area contributed by atoms with Crippen LogP contribution < -0.4 is 5.32 Å². The molecular formula is C17H38N2. The van der Waals surface area contributed by atoms with Gasteiger partial charge in [-0.2, -0.15) is 0 Å². The lowest BCUT2D eigenvalue weighted by Crippen LogP contribution is -2.46. The normalized spacial score (nSPS) is 12.9. The fraction of sp³-hybridized carbons (Fsp3) is 1.00. The zero-order chi connectivity index (χ0) is 14.9. The second kappa shape index (κ2) is 9.77. The van der Waals surface area contributed by atoms with Gasteiger partial charge in [0, 0.05) is 19.1 Å². The zero-order valence-electron chi connectivity index (χ0n) is 14.6. The third-order valence-corrected chi connectivity index (χ3v) is 4.70. The van der Waals surface area contributed by atoms with Crippen molar-refractivity contribution in [2.45, 2.75) is 73.3 Å². The van der Waals surface area contributed by atoms with Gasteiger partial charge < -0.3 is 10.2 Å². The largest absolute Gasteiger partial charge is 0.316 e. The molecule has 0 rings (SSSR count). The molecule has 116 valence electrons. The van der Waals surface area contributed by atoms with E-state index in [4.69, 9.17) is 0 Å². The number of hydrogen-bond donors (Lipinski definition) is 1. The molecule has 0 spiro atoms. The molecule has 0 aromatic rings. The van der Waals surface area contributed by atoms with Crippen LogP contribution in [0.3, 0.4) is 0 Å². The Bertz CT molecular complexity index is 205. The molecule has 0 saturated carbocycles. The third kappa shape index (κ3) is 6.76. The molecule has 2 nitrogen and oxygen atoms in total. The van der Waals surface area contributed by atoms with E-state index >= 15 is 0 Å². The number of nitrogens with one attached hydrogen (secondary N) is 1. The van der Waals surface area contributed by atoms with Crippen LogP contribution in [-0.2, 0) is 0 Å². The maximum atomic E-state index is 3.68. The van der Waals surface area contributed by atoms with E-state index in [2.05, 4.69) is 58.8 Å². The molecule has 0 aliphatic rings. The minimum atomic E-state index is 0.437. The van der Waals surface area contributed by atoms with Crippen LogP contribution in [0.15, 0.2) is 0 Å². The lowest BCUT2D eigenvalue weighted by molar-refractivity contribution is 0.116. The highest BCUT2D eigenvalue weighted by Gasteiger charge is 2.29. The molecule has 0 amide bonds. The van der Waals surface area contributed by atoms with Gasteiger partial charge in [0.2, 0.25) is 0 Å². The van der Waals surface area contributed by atoms with Crippen molar-refractivity contribution in [2.24, 2.45) is 11.3 Å². The molecule has 0 aromatic heterocycles. The van der Waals surface area contributed by atoms with Crippen molar-refractivity contribution in [3.63, 3.8) is 0 Å². The Balaban J connectivity index is 4.51. The molecule has 0 fully saturated rings. The minimum absolute atomic E-state index is 0.437. The average Bonchev–Trinajstić information content (AvgIpc) is 2.38. The summed E-state index contributed by atoms with van der Waals surface area (Å²) in [5, 5.41) is 3.68. The monoisotopic (exact) mass is 270 g/mol. The molecule has 0 saturated heterocycles. The molecule has 0 aromatic carbocycles. The molecule has 19 heavy (non-hydrogen) atoms. The smallest absolute Gasteiger partial charge is 0.00872 e. The lowest BCUT2D eigenvalue weighted by Gasteiger charge is -2.39. The van der Waals surface area contributed by atoms with Gasteiger partial charge in [-0.1, -0.05) is 41.5 Å². The van der Waals surface area contributed by atoms with Crippen molar-refractivity contribution < 1.29 is 0 Å². The highest BCUT2D eigenvalue weighted by atomic mass is 15.1. The Kier molecular flexibility index (Phi) is 9.72. The predicted octanol–water partition coefficient (Wildman–Crippen LogP) is 4.16. The van der Waals surface area contributed by atoms with E-state index in [1.54, 1.807) is 0 Å². The first-order valence-electron chi connectivity index (χ1n) is 8.35. The van der Waals surface area contributed by atoms with E-state index in [9.17, 15) is 0 Å². The van der Waals surface area contributed by atoms with E-state index in [0.29, 0.717) is 5.41 Å². The van der Waals surface area contributed by atoms with Gasteiger partial charge in [-0.25, -0.2) is 0 Å². The number of hydrogen-bond acceptors (Lipinski definition) is 2. The fourth-order valence-electron chi connectivity index (χ4n) is 2.98. The topological polar surface area (TPSA) is 15.3 Å². The molecule has 0 radical (unpaired) electrons. The molecular weight excluding hydrogens is 232 g/mol. The van der Waals surface area contributed by atoms with Gasteiger partial charge in [0.1, 0.15) is 0 Å². The third-order valence-electron chi connectivity index (χ3n) is 4.70. The summed E-state index contributed by atoms with van der Waals surface area (Å²) in [5.41, 5.74) is 0.437. The van der Waals surface area contributed by atoms with E-state index in [-0.39, 0.29) is 0 Å². The van der Waals surface area contributed by atoms with Crippen LogP contribution in [0.4, 0.5) is 0 Å². The fourth-order valence-corrected chi connectivity index (χ4v) is 2.98. The van der Waals surface area contributed by atoms with Crippen molar-refractivity contribution in [1.29, 1.82) is 0 Å². The maximum Gasteiger partial charge on any atom is 0.00872 e. The quantitative estimate of drug-likeness (QED) is 0.606. The molecule has 0 aliphatic carbocycles. The second-order valence-electron chi connectivity index (χ2n) is 6.62. The minimum Gasteiger partial charge on any atom is -0.316 e. The van der Waals surface area contributed by atoms with Crippen LogP contribution in [0.2, 0.25) is 0 Å². The van der Waals surface area contributed by atoms with Gasteiger partial charge in [0.25, 0.3) is 0 Å². The van der Waals surface area contributed by atoms with Crippen LogP contribution in [0.5, 0.6) is 0 Å². The Morgan fingerprint density at radius 1 is 1.00 bits per heavy atom. The van der Waals surface area contributed by atoms with Gasteiger partial charge >= 0.3 is 0 Å². The summed E-state index contributed by atoms with van der Waals surface area (Å²) in [6.07, 6.45) is 5.05. The van der Waals surface area contributed by atoms with E-state index in [0.717, 1.165) is 25.0 Å². The van der Waals surface area contributed by atoms with Gasteiger partial charge in [-0.05, 0) is 50.6 Å². The summed E-state index contributed by atoms with van der Waals surface area (Å²) in [5.74, 6) is 0.739. The summed E-state index contributed by atoms with van der Waals surface area (Å²) in [6, 6.07) is 0.738. The average molecular weight is 271 g/mol. The molecule has 0 bridgehead atoms. The predicted molar refractivity (Wildman–Crippen MR) is 87.7 cm³/mol. The summed E-state index contributed by atoms with van der Waals surface area (Å²) in [6.45, 7) is 17.4. The highest BCUT2D eigenvalue weighted by molar-refractivity contribution is 4.84. The van der Waals surface area contributed by atoms with Crippen LogP contribution in [0, 0.1) is 11.3 Å². The molecule has 0 atom stereocenters. The summed E-state index contributed by atoms with van der Waals surface area (Å²) in [4.78, 5) is 2.59. The van der Waals surface area contributed by atoms with Crippen molar-refractivity contribution in [3.05, 3.63) is 0 Å². The molecule has 0 heterocycles. The van der Waals surface area contributed by atoms with Crippen LogP contribution >= 0.6 is 0 Å². The van der Waals surface area contributed by atoms with Gasteiger partial charge in [0.05, 0.1) is 0 Å². The number of rotatable bonds is 11. The Morgan fingerprint density at radius 3 is 1.89 bits per heavy atom. The van der Waals surface area contributed by atoms with Crippen molar-refractivity contribution in [3.8, 4) is 0 Å². The van der Waals surface area contributed by atoms with Crippen molar-refractivity contribution in [2.75, 3.05) is 26.7 Å². The summed E-state index contributed by atoms with van der Waals surface area (Å²) >= 11 is 0. The highest BCUT2D eigenvalue weighted by Crippen LogP contribution is 2.28. The Morgan fingerprint density at radius 2 is 1.53 bits per heavy atom. The van der Waals surface area contributed by atoms with Crippen molar-refractivity contribution >= 4 is 0 Å². The first-order chi connectivity index (χ1) is 8.94. The van der Waals surface area contributed by atoms with Crippen LogP contribution in [0.25, 0.3) is 0 Å². The summed E-state index contributed by atoms with van der Waals surface area (Å²) in [7, 11) is 2.31. The SMILES string of the molecule is CCC(CC)N(C)CC(CC)(CC)CNCC(C)C. The van der Waals surface area contributed by atoms with Gasteiger partial charge in [-0.3, -0.25) is 0 Å². The van der Waals surface area contributed by atoms with Gasteiger partial charge in [-0.15, -0.1) is 0 Å². The molecule has 1 N–H and O–H groups in total. The first-order valence-corrected chi connectivity index (χ1v) is 8.35. The molecule has 2 heteroatoms. The first kappa shape index (κ1) is 18.9.